The molecule has 9 nitrogen and oxygen atoms in total. The highest BCUT2D eigenvalue weighted by Gasteiger charge is 2.18. The first-order chi connectivity index (χ1) is 10.6. The van der Waals surface area contributed by atoms with Crippen LogP contribution in [-0.4, -0.2) is 30.2 Å². The molecule has 2 heterocycles. The molecule has 0 aliphatic rings. The van der Waals surface area contributed by atoms with Crippen molar-refractivity contribution in [3.8, 4) is 23.0 Å². The number of nitrogens with two attached hydrogens (primary N) is 2. The highest BCUT2D eigenvalue weighted by Crippen LogP contribution is 2.32. The molecular formula is C12H8ClN9. The third-order valence-corrected chi connectivity index (χ3v) is 3.11. The van der Waals surface area contributed by atoms with Crippen molar-refractivity contribution < 1.29 is 0 Å². The summed E-state index contributed by atoms with van der Waals surface area (Å²) in [6.45, 7) is 0. The number of nitrogen functional groups attached to an aromatic ring is 2. The highest BCUT2D eigenvalue weighted by molar-refractivity contribution is 6.31. The lowest BCUT2D eigenvalue weighted by molar-refractivity contribution is 0.790. The molecule has 0 atom stereocenters. The molecule has 0 aliphatic carbocycles. The molecule has 0 radical (unpaired) electrons. The van der Waals surface area contributed by atoms with Crippen LogP contribution in [0.2, 0.25) is 5.02 Å². The van der Waals surface area contributed by atoms with Gasteiger partial charge < -0.3 is 11.5 Å². The van der Waals surface area contributed by atoms with Gasteiger partial charge in [-0.1, -0.05) is 11.6 Å². The fourth-order valence-corrected chi connectivity index (χ4v) is 2.14. The maximum atomic E-state index is 9.31. The Morgan fingerprint density at radius 3 is 2.73 bits per heavy atom. The molecule has 0 saturated heterocycles. The van der Waals surface area contributed by atoms with Gasteiger partial charge in [0.15, 0.2) is 0 Å². The zero-order chi connectivity index (χ0) is 15.7. The minimum atomic E-state index is -0.0471. The average Bonchev–Trinajstić information content (AvgIpc) is 3.00. The number of nitriles is 1. The summed E-state index contributed by atoms with van der Waals surface area (Å²) >= 11 is 6.05. The van der Waals surface area contributed by atoms with Gasteiger partial charge in [-0.25, -0.2) is 4.98 Å². The molecule has 0 spiro atoms. The Kier molecular flexibility index (Phi) is 3.28. The van der Waals surface area contributed by atoms with E-state index in [9.17, 15) is 5.26 Å². The van der Waals surface area contributed by atoms with Crippen LogP contribution in [0.15, 0.2) is 24.5 Å². The van der Waals surface area contributed by atoms with Gasteiger partial charge in [0.1, 0.15) is 23.8 Å². The van der Waals surface area contributed by atoms with Crippen LogP contribution in [0.4, 0.5) is 11.8 Å². The van der Waals surface area contributed by atoms with Crippen molar-refractivity contribution in [3.05, 3.63) is 35.1 Å². The molecule has 4 N–H and O–H groups in total. The predicted molar refractivity (Wildman–Crippen MR) is 78.7 cm³/mol. The Balaban J connectivity index is 2.34. The summed E-state index contributed by atoms with van der Waals surface area (Å²) in [5, 5.41) is 20.8. The first kappa shape index (κ1) is 13.7. The van der Waals surface area contributed by atoms with Gasteiger partial charge in [-0.3, -0.25) is 0 Å². The van der Waals surface area contributed by atoms with Crippen molar-refractivity contribution in [1.82, 2.24) is 30.2 Å². The maximum absolute atomic E-state index is 9.31. The van der Waals surface area contributed by atoms with Crippen molar-refractivity contribution in [1.29, 1.82) is 5.26 Å². The lowest BCUT2D eigenvalue weighted by Gasteiger charge is -2.11. The fourth-order valence-electron chi connectivity index (χ4n) is 1.97. The third kappa shape index (κ3) is 2.27. The van der Waals surface area contributed by atoms with Gasteiger partial charge in [0.05, 0.1) is 11.4 Å². The quantitative estimate of drug-likeness (QED) is 0.706. The molecule has 0 fully saturated rings. The molecule has 0 aliphatic heterocycles. The van der Waals surface area contributed by atoms with E-state index in [1.807, 2.05) is 6.07 Å². The van der Waals surface area contributed by atoms with E-state index < -0.39 is 0 Å². The lowest BCUT2D eigenvalue weighted by Crippen LogP contribution is -2.07. The summed E-state index contributed by atoms with van der Waals surface area (Å²) in [7, 11) is 0. The van der Waals surface area contributed by atoms with Crippen LogP contribution in [0.5, 0.6) is 0 Å². The van der Waals surface area contributed by atoms with Gasteiger partial charge in [0.2, 0.25) is 5.95 Å². The highest BCUT2D eigenvalue weighted by atomic mass is 35.5. The Labute approximate surface area is 129 Å². The first-order valence-corrected chi connectivity index (χ1v) is 6.34. The second-order valence-corrected chi connectivity index (χ2v) is 4.65. The molecule has 3 rings (SSSR count). The number of aromatic nitrogens is 6. The van der Waals surface area contributed by atoms with Gasteiger partial charge in [-0.2, -0.15) is 14.9 Å². The van der Waals surface area contributed by atoms with Gasteiger partial charge in [-0.05, 0) is 28.6 Å². The zero-order valence-corrected chi connectivity index (χ0v) is 11.7. The van der Waals surface area contributed by atoms with E-state index in [0.29, 0.717) is 16.3 Å². The van der Waals surface area contributed by atoms with E-state index in [-0.39, 0.29) is 23.0 Å². The maximum Gasteiger partial charge on any atom is 0.222 e. The normalized spacial score (nSPS) is 10.4. The molecule has 0 bridgehead atoms. The van der Waals surface area contributed by atoms with Crippen molar-refractivity contribution >= 4 is 23.4 Å². The van der Waals surface area contributed by atoms with Gasteiger partial charge >= 0.3 is 0 Å². The molecular weight excluding hydrogens is 306 g/mol. The molecule has 0 saturated carbocycles. The molecule has 3 aromatic rings. The number of tetrazole rings is 1. The number of benzene rings is 1. The van der Waals surface area contributed by atoms with E-state index in [2.05, 4.69) is 25.5 Å². The van der Waals surface area contributed by atoms with Crippen LogP contribution in [0.3, 0.4) is 0 Å². The van der Waals surface area contributed by atoms with Gasteiger partial charge in [0, 0.05) is 10.6 Å². The Hall–Kier alpha value is -3.25. The fraction of sp³-hybridized carbons (Fsp3) is 0. The first-order valence-electron chi connectivity index (χ1n) is 5.96. The van der Waals surface area contributed by atoms with Crippen molar-refractivity contribution in [2.75, 3.05) is 11.5 Å². The molecule has 0 unspecified atom stereocenters. The summed E-state index contributed by atoms with van der Waals surface area (Å²) in [4.78, 5) is 7.90. The van der Waals surface area contributed by atoms with Crippen molar-refractivity contribution in [2.24, 2.45) is 0 Å². The largest absolute Gasteiger partial charge is 0.382 e. The van der Waals surface area contributed by atoms with Crippen molar-refractivity contribution in [2.45, 2.75) is 0 Å². The van der Waals surface area contributed by atoms with Crippen LogP contribution >= 0.6 is 11.6 Å². The second kappa shape index (κ2) is 5.27. The van der Waals surface area contributed by atoms with Crippen LogP contribution in [-0.2, 0) is 0 Å². The number of anilines is 2. The number of hydrogen-bond acceptors (Lipinski definition) is 8. The number of nitrogens with zero attached hydrogens (tertiary/aromatic N) is 7. The summed E-state index contributed by atoms with van der Waals surface area (Å²) in [6, 6.07) is 6.96. The van der Waals surface area contributed by atoms with E-state index in [1.54, 1.807) is 18.2 Å². The summed E-state index contributed by atoms with van der Waals surface area (Å²) in [5.74, 6) is -0.0539. The van der Waals surface area contributed by atoms with Gasteiger partial charge in [-0.15, -0.1) is 5.10 Å². The third-order valence-electron chi connectivity index (χ3n) is 2.88. The van der Waals surface area contributed by atoms with E-state index in [1.165, 1.54) is 11.0 Å². The number of halogens is 1. The molecule has 22 heavy (non-hydrogen) atoms. The van der Waals surface area contributed by atoms with E-state index in [0.717, 1.165) is 0 Å². The Bertz CT molecular complexity index is 882. The summed E-state index contributed by atoms with van der Waals surface area (Å²) in [6.07, 6.45) is 1.41. The monoisotopic (exact) mass is 313 g/mol. The van der Waals surface area contributed by atoms with Crippen LogP contribution in [0.1, 0.15) is 5.56 Å². The average molecular weight is 314 g/mol. The molecule has 0 amide bonds. The Morgan fingerprint density at radius 1 is 1.23 bits per heavy atom. The number of rotatable bonds is 2. The Morgan fingerprint density at radius 2 is 2.05 bits per heavy atom. The smallest absolute Gasteiger partial charge is 0.222 e. The zero-order valence-electron chi connectivity index (χ0n) is 11.0. The summed E-state index contributed by atoms with van der Waals surface area (Å²) in [5.41, 5.74) is 12.8. The van der Waals surface area contributed by atoms with Crippen LogP contribution in [0, 0.1) is 11.3 Å². The minimum Gasteiger partial charge on any atom is -0.382 e. The van der Waals surface area contributed by atoms with Crippen molar-refractivity contribution in [3.63, 3.8) is 0 Å². The van der Waals surface area contributed by atoms with Gasteiger partial charge in [0.25, 0.3) is 0 Å². The van der Waals surface area contributed by atoms with Crippen LogP contribution < -0.4 is 11.5 Å². The topological polar surface area (TPSA) is 145 Å². The molecule has 10 heteroatoms. The van der Waals surface area contributed by atoms with E-state index in [4.69, 9.17) is 23.1 Å². The standard InChI is InChI=1S/C12H8ClN9/c13-6-1-2-9(22-5-17-20-21-22)7(3-6)10-8(4-14)11(15)19-12(16)18-10/h1-3,5H,(H4,15,16,18,19). The molecule has 108 valence electrons. The molecule has 2 aromatic heterocycles. The molecule has 1 aromatic carbocycles. The number of hydrogen-bond donors (Lipinski definition) is 2. The lowest BCUT2D eigenvalue weighted by atomic mass is 10.0. The summed E-state index contributed by atoms with van der Waals surface area (Å²) < 4.78 is 1.42. The SMILES string of the molecule is N#Cc1c(N)nc(N)nc1-c1cc(Cl)ccc1-n1cnnn1. The second-order valence-electron chi connectivity index (χ2n) is 4.22. The minimum absolute atomic E-state index is 0.00681. The predicted octanol–water partition coefficient (Wildman–Crippen LogP) is 0.809. The van der Waals surface area contributed by atoms with Crippen LogP contribution in [0.25, 0.3) is 16.9 Å². The van der Waals surface area contributed by atoms with E-state index >= 15 is 0 Å².